The van der Waals surface area contributed by atoms with Crippen molar-refractivity contribution in [3.05, 3.63) is 24.4 Å². The molecule has 0 saturated carbocycles. The first kappa shape index (κ1) is 11.9. The van der Waals surface area contributed by atoms with Crippen LogP contribution in [-0.2, 0) is 9.53 Å². The molecule has 0 aliphatic carbocycles. The van der Waals surface area contributed by atoms with E-state index >= 15 is 0 Å². The maximum Gasteiger partial charge on any atom is 0.224 e. The highest BCUT2D eigenvalue weighted by Crippen LogP contribution is 2.02. The fourth-order valence-electron chi connectivity index (χ4n) is 1.74. The first-order chi connectivity index (χ1) is 8.36. The van der Waals surface area contributed by atoms with E-state index < -0.39 is 0 Å². The number of carbonyl (C=O) groups is 1. The second-order valence-electron chi connectivity index (χ2n) is 3.88. The fourth-order valence-corrected chi connectivity index (χ4v) is 1.74. The molecule has 0 aromatic carbocycles. The molecular formula is C12H17N3O2. The van der Waals surface area contributed by atoms with Crippen LogP contribution >= 0.6 is 0 Å². The maximum atomic E-state index is 11.8. The van der Waals surface area contributed by atoms with Gasteiger partial charge in [0.05, 0.1) is 13.2 Å². The van der Waals surface area contributed by atoms with Crippen molar-refractivity contribution in [3.8, 4) is 0 Å². The van der Waals surface area contributed by atoms with Gasteiger partial charge in [-0.2, -0.15) is 0 Å². The van der Waals surface area contributed by atoms with Gasteiger partial charge in [-0.25, -0.2) is 4.98 Å². The SMILES string of the molecule is O=C(CCNc1ccccn1)N1CCOCC1. The average molecular weight is 235 g/mol. The van der Waals surface area contributed by atoms with Gasteiger partial charge in [0.2, 0.25) is 5.91 Å². The Balaban J connectivity index is 1.69. The topological polar surface area (TPSA) is 54.5 Å². The fraction of sp³-hybridized carbons (Fsp3) is 0.500. The summed E-state index contributed by atoms with van der Waals surface area (Å²) in [6.07, 6.45) is 2.22. The van der Waals surface area contributed by atoms with Crippen LogP contribution in [0.4, 0.5) is 5.82 Å². The van der Waals surface area contributed by atoms with Gasteiger partial charge in [-0.3, -0.25) is 4.79 Å². The lowest BCUT2D eigenvalue weighted by Gasteiger charge is -2.26. The average Bonchev–Trinajstić information content (AvgIpc) is 2.41. The Kier molecular flexibility index (Phi) is 4.32. The summed E-state index contributed by atoms with van der Waals surface area (Å²) in [5.74, 6) is 0.985. The number of amides is 1. The quantitative estimate of drug-likeness (QED) is 0.836. The van der Waals surface area contributed by atoms with E-state index in [0.29, 0.717) is 39.3 Å². The molecule has 1 N–H and O–H groups in total. The summed E-state index contributed by atoms with van der Waals surface area (Å²) in [5, 5.41) is 3.12. The normalized spacial score (nSPS) is 15.6. The van der Waals surface area contributed by atoms with Crippen molar-refractivity contribution in [2.45, 2.75) is 6.42 Å². The van der Waals surface area contributed by atoms with E-state index in [4.69, 9.17) is 4.74 Å². The lowest BCUT2D eigenvalue weighted by molar-refractivity contribution is -0.134. The lowest BCUT2D eigenvalue weighted by atomic mass is 10.3. The monoisotopic (exact) mass is 235 g/mol. The minimum absolute atomic E-state index is 0.178. The van der Waals surface area contributed by atoms with Gasteiger partial charge in [0.25, 0.3) is 0 Å². The predicted octanol–water partition coefficient (Wildman–Crippen LogP) is 0.742. The van der Waals surface area contributed by atoms with Crippen LogP contribution in [0.5, 0.6) is 0 Å². The molecule has 0 unspecified atom stereocenters. The summed E-state index contributed by atoms with van der Waals surface area (Å²) in [4.78, 5) is 17.8. The molecular weight excluding hydrogens is 218 g/mol. The number of aromatic nitrogens is 1. The lowest BCUT2D eigenvalue weighted by Crippen LogP contribution is -2.41. The zero-order valence-electron chi connectivity index (χ0n) is 9.76. The van der Waals surface area contributed by atoms with Crippen molar-refractivity contribution in [3.63, 3.8) is 0 Å². The second kappa shape index (κ2) is 6.20. The highest BCUT2D eigenvalue weighted by molar-refractivity contribution is 5.76. The highest BCUT2D eigenvalue weighted by Gasteiger charge is 2.15. The molecule has 0 atom stereocenters. The van der Waals surface area contributed by atoms with Crippen molar-refractivity contribution in [2.24, 2.45) is 0 Å². The standard InChI is InChI=1S/C12H17N3O2/c16-12(15-7-9-17-10-8-15)4-6-14-11-3-1-2-5-13-11/h1-3,5H,4,6-10H2,(H,13,14). The van der Waals surface area contributed by atoms with Crippen LogP contribution in [0.1, 0.15) is 6.42 Å². The molecule has 1 saturated heterocycles. The number of hydrogen-bond acceptors (Lipinski definition) is 4. The van der Waals surface area contributed by atoms with Gasteiger partial charge in [-0.15, -0.1) is 0 Å². The van der Waals surface area contributed by atoms with Crippen LogP contribution in [0.2, 0.25) is 0 Å². The van der Waals surface area contributed by atoms with Gasteiger partial charge >= 0.3 is 0 Å². The molecule has 0 radical (unpaired) electrons. The van der Waals surface area contributed by atoms with Gasteiger partial charge in [0.1, 0.15) is 5.82 Å². The van der Waals surface area contributed by atoms with Gasteiger partial charge in [-0.1, -0.05) is 6.07 Å². The Bertz CT molecular complexity index is 350. The third-order valence-corrected chi connectivity index (χ3v) is 2.67. The number of rotatable bonds is 4. The Morgan fingerprint density at radius 3 is 2.94 bits per heavy atom. The zero-order valence-corrected chi connectivity index (χ0v) is 9.76. The van der Waals surface area contributed by atoms with Crippen molar-refractivity contribution in [1.29, 1.82) is 0 Å². The molecule has 5 nitrogen and oxygen atoms in total. The Morgan fingerprint density at radius 2 is 2.24 bits per heavy atom. The Labute approximate surface area is 101 Å². The number of nitrogens with zero attached hydrogens (tertiary/aromatic N) is 2. The van der Waals surface area contributed by atoms with Crippen LogP contribution in [0, 0.1) is 0 Å². The van der Waals surface area contributed by atoms with E-state index in [0.717, 1.165) is 5.82 Å². The molecule has 0 bridgehead atoms. The summed E-state index contributed by atoms with van der Waals surface area (Å²) in [5.41, 5.74) is 0. The van der Waals surface area contributed by atoms with E-state index in [2.05, 4.69) is 10.3 Å². The molecule has 1 amide bonds. The van der Waals surface area contributed by atoms with E-state index in [1.807, 2.05) is 23.1 Å². The van der Waals surface area contributed by atoms with Gasteiger partial charge in [0, 0.05) is 32.3 Å². The number of carbonyl (C=O) groups excluding carboxylic acids is 1. The summed E-state index contributed by atoms with van der Waals surface area (Å²) in [6.45, 7) is 3.34. The summed E-state index contributed by atoms with van der Waals surface area (Å²) < 4.78 is 5.20. The summed E-state index contributed by atoms with van der Waals surface area (Å²) in [7, 11) is 0. The molecule has 0 spiro atoms. The molecule has 1 aromatic heterocycles. The number of anilines is 1. The second-order valence-corrected chi connectivity index (χ2v) is 3.88. The molecule has 92 valence electrons. The first-order valence-corrected chi connectivity index (χ1v) is 5.87. The van der Waals surface area contributed by atoms with Crippen molar-refractivity contribution >= 4 is 11.7 Å². The third kappa shape index (κ3) is 3.71. The van der Waals surface area contributed by atoms with Gasteiger partial charge < -0.3 is 15.0 Å². The van der Waals surface area contributed by atoms with E-state index in [1.54, 1.807) is 6.20 Å². The van der Waals surface area contributed by atoms with Crippen LogP contribution in [0.25, 0.3) is 0 Å². The molecule has 1 aliphatic heterocycles. The number of hydrogen-bond donors (Lipinski definition) is 1. The van der Waals surface area contributed by atoms with Crippen molar-refractivity contribution in [2.75, 3.05) is 38.2 Å². The van der Waals surface area contributed by atoms with Crippen LogP contribution < -0.4 is 5.32 Å². The van der Waals surface area contributed by atoms with Gasteiger partial charge in [-0.05, 0) is 12.1 Å². The largest absolute Gasteiger partial charge is 0.378 e. The predicted molar refractivity (Wildman–Crippen MR) is 64.7 cm³/mol. The Hall–Kier alpha value is -1.62. The van der Waals surface area contributed by atoms with E-state index in [9.17, 15) is 4.79 Å². The van der Waals surface area contributed by atoms with Crippen LogP contribution in [-0.4, -0.2) is 48.6 Å². The Morgan fingerprint density at radius 1 is 1.41 bits per heavy atom. The van der Waals surface area contributed by atoms with Gasteiger partial charge in [0.15, 0.2) is 0 Å². The van der Waals surface area contributed by atoms with Crippen molar-refractivity contribution in [1.82, 2.24) is 9.88 Å². The molecule has 5 heteroatoms. The molecule has 2 rings (SSSR count). The van der Waals surface area contributed by atoms with Crippen LogP contribution in [0.3, 0.4) is 0 Å². The number of morpholine rings is 1. The highest BCUT2D eigenvalue weighted by atomic mass is 16.5. The molecule has 1 aromatic rings. The zero-order chi connectivity index (χ0) is 11.9. The first-order valence-electron chi connectivity index (χ1n) is 5.87. The summed E-state index contributed by atoms with van der Waals surface area (Å²) in [6, 6.07) is 5.67. The van der Waals surface area contributed by atoms with E-state index in [1.165, 1.54) is 0 Å². The molecule has 1 fully saturated rings. The number of nitrogens with one attached hydrogen (secondary N) is 1. The van der Waals surface area contributed by atoms with Crippen molar-refractivity contribution < 1.29 is 9.53 Å². The third-order valence-electron chi connectivity index (χ3n) is 2.67. The minimum Gasteiger partial charge on any atom is -0.378 e. The smallest absolute Gasteiger partial charge is 0.224 e. The molecule has 17 heavy (non-hydrogen) atoms. The maximum absolute atomic E-state index is 11.8. The molecule has 1 aliphatic rings. The van der Waals surface area contributed by atoms with Crippen LogP contribution in [0.15, 0.2) is 24.4 Å². The molecule has 2 heterocycles. The number of ether oxygens (including phenoxy) is 1. The van der Waals surface area contributed by atoms with E-state index in [-0.39, 0.29) is 5.91 Å². The number of pyridine rings is 1. The summed E-state index contributed by atoms with van der Waals surface area (Å²) >= 11 is 0. The minimum atomic E-state index is 0.178.